The minimum absolute atomic E-state index is 0.0328. The SMILES string of the molecule is CN1Cc2ccccc2C[C@@H]1CNC(=O)N1CC(OCc2ccccc2F)C1. The molecular formula is C22H26FN3O2. The quantitative estimate of drug-likeness (QED) is 0.864. The highest BCUT2D eigenvalue weighted by Gasteiger charge is 2.32. The van der Waals surface area contributed by atoms with E-state index in [9.17, 15) is 9.18 Å². The summed E-state index contributed by atoms with van der Waals surface area (Å²) in [7, 11) is 2.10. The van der Waals surface area contributed by atoms with Crippen molar-refractivity contribution in [2.24, 2.45) is 0 Å². The highest BCUT2D eigenvalue weighted by atomic mass is 19.1. The summed E-state index contributed by atoms with van der Waals surface area (Å²) in [5.41, 5.74) is 3.28. The van der Waals surface area contributed by atoms with Crippen LogP contribution in [0.4, 0.5) is 9.18 Å². The smallest absolute Gasteiger partial charge is 0.317 e. The van der Waals surface area contributed by atoms with Crippen molar-refractivity contribution < 1.29 is 13.9 Å². The summed E-state index contributed by atoms with van der Waals surface area (Å²) in [5.74, 6) is -0.255. The van der Waals surface area contributed by atoms with Gasteiger partial charge in [-0.25, -0.2) is 9.18 Å². The van der Waals surface area contributed by atoms with Crippen LogP contribution >= 0.6 is 0 Å². The van der Waals surface area contributed by atoms with E-state index >= 15 is 0 Å². The molecule has 0 unspecified atom stereocenters. The lowest BCUT2D eigenvalue weighted by Crippen LogP contribution is -2.59. The number of likely N-dealkylation sites (tertiary alicyclic amines) is 1. The molecule has 1 fully saturated rings. The van der Waals surface area contributed by atoms with E-state index in [1.807, 2.05) is 0 Å². The summed E-state index contributed by atoms with van der Waals surface area (Å²) in [6, 6.07) is 15.3. The van der Waals surface area contributed by atoms with E-state index in [1.165, 1.54) is 17.2 Å². The number of urea groups is 1. The number of fused-ring (bicyclic) bond motifs is 1. The molecule has 6 heteroatoms. The van der Waals surface area contributed by atoms with Crippen LogP contribution in [-0.4, -0.2) is 54.7 Å². The first kappa shape index (κ1) is 18.9. The predicted molar refractivity (Wildman–Crippen MR) is 105 cm³/mol. The summed E-state index contributed by atoms with van der Waals surface area (Å²) in [6.45, 7) is 2.86. The van der Waals surface area contributed by atoms with Crippen molar-refractivity contribution in [2.75, 3.05) is 26.7 Å². The van der Waals surface area contributed by atoms with E-state index in [0.717, 1.165) is 13.0 Å². The number of nitrogens with one attached hydrogen (secondary N) is 1. The number of rotatable bonds is 5. The lowest BCUT2D eigenvalue weighted by atomic mass is 9.94. The average molecular weight is 383 g/mol. The zero-order valence-electron chi connectivity index (χ0n) is 16.1. The Labute approximate surface area is 165 Å². The zero-order valence-corrected chi connectivity index (χ0v) is 16.1. The van der Waals surface area contributed by atoms with Gasteiger partial charge in [-0.1, -0.05) is 42.5 Å². The maximum absolute atomic E-state index is 13.6. The lowest BCUT2D eigenvalue weighted by molar-refractivity contribution is -0.0451. The highest BCUT2D eigenvalue weighted by molar-refractivity contribution is 5.75. The largest absolute Gasteiger partial charge is 0.370 e. The summed E-state index contributed by atoms with van der Waals surface area (Å²) >= 11 is 0. The van der Waals surface area contributed by atoms with Crippen LogP contribution in [0.5, 0.6) is 0 Å². The number of amides is 2. The third-order valence-electron chi connectivity index (χ3n) is 5.67. The van der Waals surface area contributed by atoms with Crippen LogP contribution in [0, 0.1) is 5.82 Å². The van der Waals surface area contributed by atoms with E-state index in [-0.39, 0.29) is 24.6 Å². The first-order valence-electron chi connectivity index (χ1n) is 9.75. The second kappa shape index (κ2) is 8.29. The molecule has 0 bridgehead atoms. The van der Waals surface area contributed by atoms with Crippen LogP contribution < -0.4 is 5.32 Å². The molecule has 0 aliphatic carbocycles. The van der Waals surface area contributed by atoms with Crippen LogP contribution in [0.25, 0.3) is 0 Å². The van der Waals surface area contributed by atoms with Crippen molar-refractivity contribution in [3.8, 4) is 0 Å². The molecule has 148 valence electrons. The van der Waals surface area contributed by atoms with Crippen LogP contribution in [0.2, 0.25) is 0 Å². The maximum Gasteiger partial charge on any atom is 0.317 e. The number of hydrogen-bond donors (Lipinski definition) is 1. The van der Waals surface area contributed by atoms with Crippen molar-refractivity contribution in [2.45, 2.75) is 31.7 Å². The Morgan fingerprint density at radius 2 is 1.86 bits per heavy atom. The molecule has 2 aliphatic heterocycles. The van der Waals surface area contributed by atoms with Crippen molar-refractivity contribution in [1.82, 2.24) is 15.1 Å². The van der Waals surface area contributed by atoms with Gasteiger partial charge in [0.25, 0.3) is 0 Å². The van der Waals surface area contributed by atoms with Gasteiger partial charge in [-0.15, -0.1) is 0 Å². The Balaban J connectivity index is 1.19. The minimum Gasteiger partial charge on any atom is -0.370 e. The van der Waals surface area contributed by atoms with Gasteiger partial charge in [0, 0.05) is 24.7 Å². The first-order valence-corrected chi connectivity index (χ1v) is 9.75. The van der Waals surface area contributed by atoms with E-state index in [2.05, 4.69) is 41.5 Å². The van der Waals surface area contributed by atoms with E-state index in [0.29, 0.717) is 31.2 Å². The summed E-state index contributed by atoms with van der Waals surface area (Å²) in [6.07, 6.45) is 0.913. The van der Waals surface area contributed by atoms with Crippen molar-refractivity contribution in [3.63, 3.8) is 0 Å². The second-order valence-electron chi connectivity index (χ2n) is 7.66. The van der Waals surface area contributed by atoms with Gasteiger partial charge in [0.2, 0.25) is 0 Å². The first-order chi connectivity index (χ1) is 13.6. The normalized spacial score (nSPS) is 19.8. The fourth-order valence-corrected chi connectivity index (χ4v) is 3.80. The number of carbonyl (C=O) groups is 1. The molecule has 2 aromatic carbocycles. The Morgan fingerprint density at radius 1 is 1.14 bits per heavy atom. The average Bonchev–Trinajstić information content (AvgIpc) is 2.66. The van der Waals surface area contributed by atoms with Gasteiger partial charge in [0.05, 0.1) is 25.8 Å². The molecule has 1 saturated heterocycles. The van der Waals surface area contributed by atoms with Gasteiger partial charge < -0.3 is 15.0 Å². The molecule has 4 rings (SSSR count). The molecule has 0 radical (unpaired) electrons. The number of halogens is 1. The Hall–Kier alpha value is -2.44. The number of carbonyl (C=O) groups excluding carboxylic acids is 1. The topological polar surface area (TPSA) is 44.8 Å². The number of nitrogens with zero attached hydrogens (tertiary/aromatic N) is 2. The number of benzene rings is 2. The fourth-order valence-electron chi connectivity index (χ4n) is 3.80. The van der Waals surface area contributed by atoms with E-state index in [4.69, 9.17) is 4.74 Å². The monoisotopic (exact) mass is 383 g/mol. The van der Waals surface area contributed by atoms with Crippen LogP contribution in [-0.2, 0) is 24.3 Å². The van der Waals surface area contributed by atoms with Gasteiger partial charge in [-0.3, -0.25) is 4.90 Å². The lowest BCUT2D eigenvalue weighted by Gasteiger charge is -2.40. The fraction of sp³-hybridized carbons (Fsp3) is 0.409. The third kappa shape index (κ3) is 4.18. The summed E-state index contributed by atoms with van der Waals surface area (Å²) in [4.78, 5) is 16.4. The highest BCUT2D eigenvalue weighted by Crippen LogP contribution is 2.22. The van der Waals surface area contributed by atoms with Crippen LogP contribution in [0.15, 0.2) is 48.5 Å². The van der Waals surface area contributed by atoms with Crippen molar-refractivity contribution in [1.29, 1.82) is 0 Å². The molecule has 1 N–H and O–H groups in total. The van der Waals surface area contributed by atoms with Gasteiger partial charge in [-0.2, -0.15) is 0 Å². The molecular weight excluding hydrogens is 357 g/mol. The second-order valence-corrected chi connectivity index (χ2v) is 7.66. The van der Waals surface area contributed by atoms with Crippen molar-refractivity contribution in [3.05, 3.63) is 71.0 Å². The molecule has 0 aromatic heterocycles. The summed E-state index contributed by atoms with van der Waals surface area (Å²) < 4.78 is 19.3. The zero-order chi connectivity index (χ0) is 19.5. The molecule has 28 heavy (non-hydrogen) atoms. The Kier molecular flexibility index (Phi) is 5.59. The standard InChI is InChI=1S/C22H26FN3O2/c1-25-12-17-7-3-2-6-16(17)10-19(25)11-24-22(27)26-13-20(14-26)28-15-18-8-4-5-9-21(18)23/h2-9,19-20H,10-15H2,1H3,(H,24,27)/t19-/m1/s1. The van der Waals surface area contributed by atoms with Crippen LogP contribution in [0.3, 0.4) is 0 Å². The molecule has 1 atom stereocenters. The van der Waals surface area contributed by atoms with Crippen molar-refractivity contribution >= 4 is 6.03 Å². The number of likely N-dealkylation sites (N-methyl/N-ethyl adjacent to an activating group) is 1. The molecule has 0 saturated carbocycles. The molecule has 0 spiro atoms. The molecule has 2 heterocycles. The van der Waals surface area contributed by atoms with Gasteiger partial charge in [-0.05, 0) is 30.7 Å². The van der Waals surface area contributed by atoms with Gasteiger partial charge in [0.1, 0.15) is 5.82 Å². The number of hydrogen-bond acceptors (Lipinski definition) is 3. The molecule has 2 amide bonds. The number of ether oxygens (including phenoxy) is 1. The van der Waals surface area contributed by atoms with Crippen LogP contribution in [0.1, 0.15) is 16.7 Å². The Morgan fingerprint density at radius 3 is 2.64 bits per heavy atom. The van der Waals surface area contributed by atoms with Gasteiger partial charge in [0.15, 0.2) is 0 Å². The molecule has 5 nitrogen and oxygen atoms in total. The maximum atomic E-state index is 13.6. The third-order valence-corrected chi connectivity index (χ3v) is 5.67. The van der Waals surface area contributed by atoms with Gasteiger partial charge >= 0.3 is 6.03 Å². The van der Waals surface area contributed by atoms with E-state index in [1.54, 1.807) is 23.1 Å². The predicted octanol–water partition coefficient (Wildman–Crippen LogP) is 2.79. The Bertz CT molecular complexity index is 838. The van der Waals surface area contributed by atoms with E-state index < -0.39 is 0 Å². The minimum atomic E-state index is -0.255. The molecule has 2 aliphatic rings. The molecule has 2 aromatic rings. The summed E-state index contributed by atoms with van der Waals surface area (Å²) in [5, 5.41) is 3.05.